The van der Waals surface area contributed by atoms with Gasteiger partial charge in [0.1, 0.15) is 11.2 Å². The molecule has 0 atom stereocenters. The summed E-state index contributed by atoms with van der Waals surface area (Å²) < 4.78 is 9.24. The quantitative estimate of drug-likeness (QED) is 0.160. The van der Waals surface area contributed by atoms with E-state index in [-0.39, 0.29) is 0 Å². The van der Waals surface area contributed by atoms with E-state index in [1.807, 2.05) is 11.3 Å². The lowest BCUT2D eigenvalue weighted by Crippen LogP contribution is -2.10. The number of furan rings is 1. The summed E-state index contributed by atoms with van der Waals surface area (Å²) in [6.45, 7) is 0. The lowest BCUT2D eigenvalue weighted by molar-refractivity contribution is 0.673. The van der Waals surface area contributed by atoms with Crippen molar-refractivity contribution in [1.29, 1.82) is 0 Å². The number of fused-ring (bicyclic) bond motifs is 8. The average Bonchev–Trinajstić information content (AvgIpc) is 3.92. The van der Waals surface area contributed by atoms with Crippen molar-refractivity contribution in [3.8, 4) is 44.5 Å². The minimum atomic E-state index is 0.891. The molecule has 12 rings (SSSR count). The van der Waals surface area contributed by atoms with E-state index in [0.717, 1.165) is 55.5 Å². The molecule has 0 spiro atoms. The van der Waals surface area contributed by atoms with E-state index in [1.165, 1.54) is 58.9 Å². The van der Waals surface area contributed by atoms with Gasteiger partial charge in [-0.3, -0.25) is 0 Å². The summed E-state index contributed by atoms with van der Waals surface area (Å²) in [4.78, 5) is 2.37. The van der Waals surface area contributed by atoms with Gasteiger partial charge < -0.3 is 9.32 Å². The van der Waals surface area contributed by atoms with Crippen LogP contribution < -0.4 is 4.90 Å². The molecule has 2 nitrogen and oxygen atoms in total. The topological polar surface area (TPSA) is 16.4 Å². The van der Waals surface area contributed by atoms with Gasteiger partial charge in [0.05, 0.1) is 0 Å². The van der Waals surface area contributed by atoms with E-state index in [9.17, 15) is 0 Å². The molecule has 0 aliphatic carbocycles. The number of rotatable bonds is 7. The summed E-state index contributed by atoms with van der Waals surface area (Å²) in [6.07, 6.45) is 0. The number of hydrogen-bond acceptors (Lipinski definition) is 3. The van der Waals surface area contributed by atoms with Crippen molar-refractivity contribution in [3.05, 3.63) is 224 Å². The van der Waals surface area contributed by atoms with Crippen LogP contribution in [0, 0.1) is 0 Å². The second-order valence-corrected chi connectivity index (χ2v) is 16.7. The SMILES string of the molecule is c1ccc(-c2cccc(-c3ccc(N(c4ccc(-c5cccc6c5sc5ccccc56)cc4)c4cccc(-c5cccc6oc7c8ccccc8ccc7c56)c4)cc3)c2)cc1. The molecule has 0 saturated carbocycles. The molecule has 0 N–H and O–H groups in total. The molecule has 3 heteroatoms. The fourth-order valence-electron chi connectivity index (χ4n) is 9.13. The fourth-order valence-corrected chi connectivity index (χ4v) is 10.4. The smallest absolute Gasteiger partial charge is 0.143 e. The average molecular weight is 796 g/mol. The molecule has 10 aromatic carbocycles. The van der Waals surface area contributed by atoms with Crippen molar-refractivity contribution in [2.75, 3.05) is 4.90 Å². The lowest BCUT2D eigenvalue weighted by Gasteiger charge is -2.26. The third-order valence-corrected chi connectivity index (χ3v) is 13.3. The van der Waals surface area contributed by atoms with Gasteiger partial charge >= 0.3 is 0 Å². The molecule has 12 aromatic rings. The van der Waals surface area contributed by atoms with E-state index in [4.69, 9.17) is 4.42 Å². The van der Waals surface area contributed by atoms with Crippen molar-refractivity contribution in [2.45, 2.75) is 0 Å². The summed E-state index contributed by atoms with van der Waals surface area (Å²) in [5, 5.41) is 7.19. The van der Waals surface area contributed by atoms with Crippen LogP contribution in [0.15, 0.2) is 229 Å². The molecule has 2 aromatic heterocycles. The van der Waals surface area contributed by atoms with Gasteiger partial charge in [-0.25, -0.2) is 0 Å². The van der Waals surface area contributed by atoms with Crippen LogP contribution in [-0.2, 0) is 0 Å². The Kier molecular flexibility index (Phi) is 8.39. The number of thiophene rings is 1. The Hall–Kier alpha value is -7.72. The highest BCUT2D eigenvalue weighted by atomic mass is 32.1. The molecule has 0 saturated heterocycles. The maximum atomic E-state index is 6.61. The normalized spacial score (nSPS) is 11.6. The highest BCUT2D eigenvalue weighted by Crippen LogP contribution is 2.44. The summed E-state index contributed by atoms with van der Waals surface area (Å²) in [5.74, 6) is 0. The molecule has 286 valence electrons. The Morgan fingerprint density at radius 3 is 1.77 bits per heavy atom. The number of benzene rings is 10. The van der Waals surface area contributed by atoms with Gasteiger partial charge in [-0.2, -0.15) is 0 Å². The summed E-state index contributed by atoms with van der Waals surface area (Å²) in [5.41, 5.74) is 14.6. The molecule has 0 bridgehead atoms. The first-order valence-corrected chi connectivity index (χ1v) is 21.6. The second kappa shape index (κ2) is 14.5. The molecule has 0 unspecified atom stereocenters. The van der Waals surface area contributed by atoms with Crippen LogP contribution in [0.5, 0.6) is 0 Å². The summed E-state index contributed by atoms with van der Waals surface area (Å²) in [6, 6.07) is 81.1. The van der Waals surface area contributed by atoms with Crippen LogP contribution in [0.1, 0.15) is 0 Å². The van der Waals surface area contributed by atoms with Gasteiger partial charge in [-0.05, 0) is 111 Å². The maximum absolute atomic E-state index is 6.61. The van der Waals surface area contributed by atoms with E-state index < -0.39 is 0 Å². The van der Waals surface area contributed by atoms with Crippen molar-refractivity contribution >= 4 is 81.3 Å². The molecule has 0 aliphatic heterocycles. The van der Waals surface area contributed by atoms with Gasteiger partial charge in [0.15, 0.2) is 0 Å². The monoisotopic (exact) mass is 795 g/mol. The molecule has 0 fully saturated rings. The summed E-state index contributed by atoms with van der Waals surface area (Å²) in [7, 11) is 0. The standard InChI is InChI=1S/C58H37NOS/c1-2-12-38(13-3-1)42-15-8-16-43(36-42)39-26-31-45(32-27-39)59(46-33-28-41(29-34-46)50-22-10-23-52-51-20-6-7-25-55(51)61-58(50)52)47-18-9-17-44(37-47)48-21-11-24-54-56(48)53-35-30-40-14-4-5-19-49(40)57(53)60-54/h1-37H. The van der Waals surface area contributed by atoms with Crippen LogP contribution in [-0.4, -0.2) is 0 Å². The minimum Gasteiger partial charge on any atom is -0.455 e. The largest absolute Gasteiger partial charge is 0.455 e. The van der Waals surface area contributed by atoms with Crippen LogP contribution in [0.2, 0.25) is 0 Å². The van der Waals surface area contributed by atoms with Crippen LogP contribution in [0.25, 0.3) is 97.4 Å². The van der Waals surface area contributed by atoms with E-state index in [0.29, 0.717) is 0 Å². The van der Waals surface area contributed by atoms with Crippen molar-refractivity contribution in [1.82, 2.24) is 0 Å². The first-order chi connectivity index (χ1) is 30.2. The zero-order valence-electron chi connectivity index (χ0n) is 33.1. The zero-order chi connectivity index (χ0) is 40.3. The number of nitrogens with zero attached hydrogens (tertiary/aromatic N) is 1. The molecule has 0 aliphatic rings. The lowest BCUT2D eigenvalue weighted by atomic mass is 9.97. The Morgan fingerprint density at radius 2 is 0.951 bits per heavy atom. The Labute approximate surface area is 357 Å². The first kappa shape index (κ1) is 35.2. The third kappa shape index (κ3) is 6.09. The second-order valence-electron chi connectivity index (χ2n) is 15.7. The molecular weight excluding hydrogens is 759 g/mol. The van der Waals surface area contributed by atoms with Crippen LogP contribution in [0.4, 0.5) is 17.1 Å². The van der Waals surface area contributed by atoms with Gasteiger partial charge in [0.25, 0.3) is 0 Å². The third-order valence-electron chi connectivity index (χ3n) is 12.1. The molecule has 0 amide bonds. The van der Waals surface area contributed by atoms with Crippen LogP contribution >= 0.6 is 11.3 Å². The first-order valence-electron chi connectivity index (χ1n) is 20.7. The minimum absolute atomic E-state index is 0.891. The van der Waals surface area contributed by atoms with Crippen molar-refractivity contribution in [3.63, 3.8) is 0 Å². The highest BCUT2D eigenvalue weighted by molar-refractivity contribution is 7.26. The number of hydrogen-bond donors (Lipinski definition) is 0. The van der Waals surface area contributed by atoms with E-state index in [1.54, 1.807) is 0 Å². The van der Waals surface area contributed by atoms with Gasteiger partial charge in [0, 0.05) is 53.4 Å². The van der Waals surface area contributed by atoms with Gasteiger partial charge in [-0.15, -0.1) is 11.3 Å². The predicted molar refractivity (Wildman–Crippen MR) is 261 cm³/mol. The zero-order valence-corrected chi connectivity index (χ0v) is 33.9. The maximum Gasteiger partial charge on any atom is 0.143 e. The van der Waals surface area contributed by atoms with Gasteiger partial charge in [-0.1, -0.05) is 164 Å². The summed E-state index contributed by atoms with van der Waals surface area (Å²) >= 11 is 1.87. The van der Waals surface area contributed by atoms with Crippen molar-refractivity contribution in [2.24, 2.45) is 0 Å². The fraction of sp³-hybridized carbons (Fsp3) is 0. The van der Waals surface area contributed by atoms with Crippen molar-refractivity contribution < 1.29 is 4.42 Å². The Bertz CT molecular complexity index is 3580. The molecule has 61 heavy (non-hydrogen) atoms. The van der Waals surface area contributed by atoms with E-state index >= 15 is 0 Å². The van der Waals surface area contributed by atoms with Gasteiger partial charge in [0.2, 0.25) is 0 Å². The Balaban J connectivity index is 0.977. The number of anilines is 3. The van der Waals surface area contributed by atoms with E-state index in [2.05, 4.69) is 229 Å². The molecule has 2 heterocycles. The predicted octanol–water partition coefficient (Wildman–Crippen LogP) is 17.2. The Morgan fingerprint density at radius 1 is 0.344 bits per heavy atom. The molecular formula is C58H37NOS. The molecule has 0 radical (unpaired) electrons. The van der Waals surface area contributed by atoms with Crippen LogP contribution in [0.3, 0.4) is 0 Å². The highest BCUT2D eigenvalue weighted by Gasteiger charge is 2.19.